The number of aromatic nitrogens is 1. The first-order chi connectivity index (χ1) is 8.29. The molecule has 0 atom stereocenters. The summed E-state index contributed by atoms with van der Waals surface area (Å²) in [5.41, 5.74) is 1.53. The van der Waals surface area contributed by atoms with Gasteiger partial charge in [0.05, 0.1) is 0 Å². The average molecular weight is 230 g/mol. The lowest BCUT2D eigenvalue weighted by Gasteiger charge is -2.29. The molecule has 0 spiro atoms. The van der Waals surface area contributed by atoms with Gasteiger partial charge in [-0.05, 0) is 39.0 Å². The van der Waals surface area contributed by atoms with Crippen molar-refractivity contribution in [2.75, 3.05) is 20.1 Å². The maximum atomic E-state index is 8.94. The van der Waals surface area contributed by atoms with E-state index in [0.29, 0.717) is 11.7 Å². The van der Waals surface area contributed by atoms with Gasteiger partial charge < -0.3 is 10.2 Å². The van der Waals surface area contributed by atoms with Crippen molar-refractivity contribution in [1.29, 1.82) is 5.26 Å². The molecule has 2 rings (SSSR count). The zero-order valence-corrected chi connectivity index (χ0v) is 10.2. The first-order valence-electron chi connectivity index (χ1n) is 6.05. The van der Waals surface area contributed by atoms with Crippen LogP contribution in [0.4, 0.5) is 0 Å². The molecule has 1 aromatic rings. The van der Waals surface area contributed by atoms with Gasteiger partial charge in [-0.3, -0.25) is 0 Å². The first kappa shape index (κ1) is 12.0. The van der Waals surface area contributed by atoms with Crippen LogP contribution in [0, 0.1) is 11.3 Å². The molecule has 0 bridgehead atoms. The van der Waals surface area contributed by atoms with Crippen LogP contribution in [0.2, 0.25) is 0 Å². The van der Waals surface area contributed by atoms with Crippen molar-refractivity contribution in [3.05, 3.63) is 29.6 Å². The number of nitrogens with zero attached hydrogens (tertiary/aromatic N) is 3. The Bertz CT molecular complexity index is 402. The number of pyridine rings is 1. The van der Waals surface area contributed by atoms with Gasteiger partial charge in [-0.15, -0.1) is 0 Å². The minimum Gasteiger partial charge on any atom is -0.310 e. The lowest BCUT2D eigenvalue weighted by molar-refractivity contribution is 0.234. The standard InChI is InChI=1S/C13H18N4/c1-17-7-4-12(5-8-17)16-10-11-3-2-6-15-13(11)9-14/h2-3,6,12,16H,4-5,7-8,10H2,1H3. The Morgan fingerprint density at radius 1 is 1.53 bits per heavy atom. The summed E-state index contributed by atoms with van der Waals surface area (Å²) < 4.78 is 0. The molecule has 1 aliphatic rings. The maximum absolute atomic E-state index is 8.94. The quantitative estimate of drug-likeness (QED) is 0.846. The fraction of sp³-hybridized carbons (Fsp3) is 0.538. The highest BCUT2D eigenvalue weighted by Crippen LogP contribution is 2.10. The Morgan fingerprint density at radius 2 is 2.29 bits per heavy atom. The van der Waals surface area contributed by atoms with E-state index in [9.17, 15) is 0 Å². The van der Waals surface area contributed by atoms with Crippen LogP contribution in [0.1, 0.15) is 24.1 Å². The van der Waals surface area contributed by atoms with E-state index in [1.807, 2.05) is 12.1 Å². The van der Waals surface area contributed by atoms with Gasteiger partial charge in [0.15, 0.2) is 0 Å². The van der Waals surface area contributed by atoms with Crippen LogP contribution in [0.25, 0.3) is 0 Å². The second-order valence-corrected chi connectivity index (χ2v) is 4.58. The van der Waals surface area contributed by atoms with Crippen LogP contribution in [-0.4, -0.2) is 36.1 Å². The van der Waals surface area contributed by atoms with E-state index < -0.39 is 0 Å². The van der Waals surface area contributed by atoms with Gasteiger partial charge >= 0.3 is 0 Å². The maximum Gasteiger partial charge on any atom is 0.144 e. The van der Waals surface area contributed by atoms with Gasteiger partial charge in [0.1, 0.15) is 11.8 Å². The van der Waals surface area contributed by atoms with E-state index >= 15 is 0 Å². The molecule has 0 aliphatic carbocycles. The van der Waals surface area contributed by atoms with Crippen molar-refractivity contribution in [2.45, 2.75) is 25.4 Å². The van der Waals surface area contributed by atoms with Gasteiger partial charge in [0.25, 0.3) is 0 Å². The summed E-state index contributed by atoms with van der Waals surface area (Å²) in [6, 6.07) is 6.55. The van der Waals surface area contributed by atoms with Crippen LogP contribution >= 0.6 is 0 Å². The second-order valence-electron chi connectivity index (χ2n) is 4.58. The first-order valence-corrected chi connectivity index (χ1v) is 6.05. The molecule has 0 unspecified atom stereocenters. The molecule has 1 aliphatic heterocycles. The summed E-state index contributed by atoms with van der Waals surface area (Å²) in [7, 11) is 2.16. The average Bonchev–Trinajstić information content (AvgIpc) is 2.38. The summed E-state index contributed by atoms with van der Waals surface area (Å²) in [5.74, 6) is 0. The largest absolute Gasteiger partial charge is 0.310 e. The lowest BCUT2D eigenvalue weighted by atomic mass is 10.0. The van der Waals surface area contributed by atoms with Crippen LogP contribution < -0.4 is 5.32 Å². The smallest absolute Gasteiger partial charge is 0.144 e. The van der Waals surface area contributed by atoms with Crippen molar-refractivity contribution < 1.29 is 0 Å². The van der Waals surface area contributed by atoms with Crippen LogP contribution in [0.3, 0.4) is 0 Å². The number of hydrogen-bond donors (Lipinski definition) is 1. The minimum absolute atomic E-state index is 0.535. The van der Waals surface area contributed by atoms with E-state index in [-0.39, 0.29) is 0 Å². The molecular weight excluding hydrogens is 212 g/mol. The number of rotatable bonds is 3. The summed E-state index contributed by atoms with van der Waals surface area (Å²) >= 11 is 0. The SMILES string of the molecule is CN1CCC(NCc2cccnc2C#N)CC1. The number of nitriles is 1. The molecule has 90 valence electrons. The monoisotopic (exact) mass is 230 g/mol. The molecule has 2 heterocycles. The van der Waals surface area contributed by atoms with Crippen LogP contribution in [-0.2, 0) is 6.54 Å². The van der Waals surface area contributed by atoms with Crippen molar-refractivity contribution in [3.63, 3.8) is 0 Å². The summed E-state index contributed by atoms with van der Waals surface area (Å²) in [6.07, 6.45) is 4.02. The molecule has 1 fully saturated rings. The second kappa shape index (κ2) is 5.76. The number of likely N-dealkylation sites (tertiary alicyclic amines) is 1. The Morgan fingerprint density at radius 3 is 3.00 bits per heavy atom. The molecule has 4 nitrogen and oxygen atoms in total. The molecule has 1 saturated heterocycles. The Balaban J connectivity index is 1.88. The van der Waals surface area contributed by atoms with Gasteiger partial charge in [-0.25, -0.2) is 4.98 Å². The van der Waals surface area contributed by atoms with Gasteiger partial charge in [0.2, 0.25) is 0 Å². The van der Waals surface area contributed by atoms with E-state index in [1.54, 1.807) is 6.20 Å². The van der Waals surface area contributed by atoms with Crippen molar-refractivity contribution in [3.8, 4) is 6.07 Å². The van der Waals surface area contributed by atoms with Gasteiger partial charge in [0, 0.05) is 24.3 Å². The highest BCUT2D eigenvalue weighted by atomic mass is 15.1. The fourth-order valence-electron chi connectivity index (χ4n) is 2.15. The van der Waals surface area contributed by atoms with E-state index in [0.717, 1.165) is 25.2 Å². The van der Waals surface area contributed by atoms with E-state index in [2.05, 4.69) is 28.3 Å². The van der Waals surface area contributed by atoms with Crippen LogP contribution in [0.15, 0.2) is 18.3 Å². The van der Waals surface area contributed by atoms with Gasteiger partial charge in [-0.2, -0.15) is 5.26 Å². The van der Waals surface area contributed by atoms with Crippen molar-refractivity contribution in [2.24, 2.45) is 0 Å². The minimum atomic E-state index is 0.535. The topological polar surface area (TPSA) is 52.0 Å². The molecule has 17 heavy (non-hydrogen) atoms. The van der Waals surface area contributed by atoms with E-state index in [1.165, 1.54) is 12.8 Å². The fourth-order valence-corrected chi connectivity index (χ4v) is 2.15. The van der Waals surface area contributed by atoms with Crippen LogP contribution in [0.5, 0.6) is 0 Å². The normalized spacial score (nSPS) is 17.9. The van der Waals surface area contributed by atoms with Crippen molar-refractivity contribution in [1.82, 2.24) is 15.2 Å². The molecule has 0 saturated carbocycles. The number of piperidine rings is 1. The Kier molecular flexibility index (Phi) is 4.08. The Hall–Kier alpha value is -1.44. The zero-order chi connectivity index (χ0) is 12.1. The molecule has 4 heteroatoms. The third-order valence-electron chi connectivity index (χ3n) is 3.30. The summed E-state index contributed by atoms with van der Waals surface area (Å²) in [6.45, 7) is 3.04. The summed E-state index contributed by atoms with van der Waals surface area (Å²) in [4.78, 5) is 6.41. The molecule has 0 radical (unpaired) electrons. The predicted octanol–water partition coefficient (Wildman–Crippen LogP) is 1.14. The van der Waals surface area contributed by atoms with Crippen molar-refractivity contribution >= 4 is 0 Å². The van der Waals surface area contributed by atoms with Gasteiger partial charge in [-0.1, -0.05) is 6.07 Å². The molecule has 1 N–H and O–H groups in total. The molecule has 0 amide bonds. The molecular formula is C13H18N4. The Labute approximate surface area is 102 Å². The van der Waals surface area contributed by atoms with E-state index in [4.69, 9.17) is 5.26 Å². The highest BCUT2D eigenvalue weighted by Gasteiger charge is 2.16. The highest BCUT2D eigenvalue weighted by molar-refractivity contribution is 5.30. The summed E-state index contributed by atoms with van der Waals surface area (Å²) in [5, 5.41) is 12.5. The lowest BCUT2D eigenvalue weighted by Crippen LogP contribution is -2.40. The molecule has 1 aromatic heterocycles. The molecule has 0 aromatic carbocycles. The number of nitrogens with one attached hydrogen (secondary N) is 1. The third-order valence-corrected chi connectivity index (χ3v) is 3.30. The number of hydrogen-bond acceptors (Lipinski definition) is 4. The zero-order valence-electron chi connectivity index (χ0n) is 10.2. The third kappa shape index (κ3) is 3.26. The predicted molar refractivity (Wildman–Crippen MR) is 66.3 cm³/mol.